The third-order valence-corrected chi connectivity index (χ3v) is 10.7. The summed E-state index contributed by atoms with van der Waals surface area (Å²) in [5, 5.41) is 63.1. The Kier molecular flexibility index (Phi) is 9.61. The van der Waals surface area contributed by atoms with Crippen molar-refractivity contribution >= 4 is 176 Å². The minimum absolute atomic E-state index is 0.273. The summed E-state index contributed by atoms with van der Waals surface area (Å²) < 4.78 is 0. The van der Waals surface area contributed by atoms with Crippen molar-refractivity contribution in [3.63, 3.8) is 0 Å². The van der Waals surface area contributed by atoms with Gasteiger partial charge >= 0.3 is 0 Å². The highest BCUT2D eigenvalue weighted by atomic mass is 14.5. The highest BCUT2D eigenvalue weighted by Crippen LogP contribution is 2.55. The van der Waals surface area contributed by atoms with Crippen LogP contribution in [0, 0.1) is 68.0 Å². The summed E-state index contributed by atoms with van der Waals surface area (Å²) in [6, 6.07) is 14.1. The first-order valence-corrected chi connectivity index (χ1v) is 15.6. The Morgan fingerprint density at radius 1 is 0.292 bits per heavy atom. The van der Waals surface area contributed by atoms with E-state index in [2.05, 4.69) is 36.4 Å². The molecular formula is C30H24B12N6. The van der Waals surface area contributed by atoms with Crippen LogP contribution in [0.2, 0.25) is 0 Å². The Labute approximate surface area is 293 Å². The maximum atomic E-state index is 10.9. The molecule has 1 fully saturated rings. The van der Waals surface area contributed by atoms with Crippen LogP contribution in [-0.4, -0.2) is 94.2 Å². The smallest absolute Gasteiger partial charge is 0.141 e. The Bertz CT molecular complexity index is 2150. The number of hydrogen-bond acceptors (Lipinski definition) is 6. The van der Waals surface area contributed by atoms with Crippen LogP contribution < -0.4 is 65.6 Å². The monoisotopic (exact) mass is 600 g/mol. The Morgan fingerprint density at radius 2 is 0.500 bits per heavy atom. The molecule has 0 spiro atoms. The molecule has 3 aromatic carbocycles. The zero-order chi connectivity index (χ0) is 36.1. The van der Waals surface area contributed by atoms with Crippen LogP contribution in [0.4, 0.5) is 0 Å². The van der Waals surface area contributed by atoms with Crippen LogP contribution in [0.3, 0.4) is 0 Å². The molecule has 3 aromatic rings. The molecule has 0 radical (unpaired) electrons. The topological polar surface area (TPSA) is 143 Å². The summed E-state index contributed by atoms with van der Waals surface area (Å²) in [5.74, 6) is 0. The van der Waals surface area contributed by atoms with E-state index in [4.69, 9.17) is 0 Å². The van der Waals surface area contributed by atoms with Crippen molar-refractivity contribution in [3.05, 3.63) is 50.1 Å². The van der Waals surface area contributed by atoms with Gasteiger partial charge in [0.25, 0.3) is 0 Å². The molecule has 0 aliphatic heterocycles. The molecule has 0 unspecified atom stereocenters. The maximum Gasteiger partial charge on any atom is 0.141 e. The van der Waals surface area contributed by atoms with Gasteiger partial charge in [0.05, 0.1) is 34.9 Å². The molecule has 0 bridgehead atoms. The number of nitrogens with zero attached hydrogens (tertiary/aromatic N) is 6. The third-order valence-electron chi connectivity index (χ3n) is 10.7. The summed E-state index contributed by atoms with van der Waals surface area (Å²) in [6.45, 7) is 0. The molecule has 1 saturated carbocycles. The summed E-state index contributed by atoms with van der Waals surface area (Å²) in [7, 11) is 22.7. The first-order valence-electron chi connectivity index (χ1n) is 15.6. The van der Waals surface area contributed by atoms with Crippen molar-refractivity contribution in [1.82, 2.24) is 0 Å². The minimum Gasteiger partial charge on any atom is -0.192 e. The van der Waals surface area contributed by atoms with Crippen LogP contribution in [0.1, 0.15) is 33.4 Å². The Morgan fingerprint density at radius 3 is 0.667 bits per heavy atom. The molecule has 18 heteroatoms. The second-order valence-corrected chi connectivity index (χ2v) is 12.7. The molecule has 1 aliphatic rings. The van der Waals surface area contributed by atoms with Gasteiger partial charge in [0.2, 0.25) is 0 Å². The van der Waals surface area contributed by atoms with Crippen LogP contribution in [0.25, 0.3) is 16.7 Å². The van der Waals surface area contributed by atoms with Gasteiger partial charge in [0.1, 0.15) is 112 Å². The van der Waals surface area contributed by atoms with Crippen molar-refractivity contribution in [2.24, 2.45) is 0 Å². The summed E-state index contributed by atoms with van der Waals surface area (Å²) in [6.07, 6.45) is 0. The summed E-state index contributed by atoms with van der Waals surface area (Å²) in [4.78, 5) is 0. The van der Waals surface area contributed by atoms with Crippen LogP contribution >= 0.6 is 0 Å². The van der Waals surface area contributed by atoms with Crippen molar-refractivity contribution < 1.29 is 0 Å². The molecule has 48 heavy (non-hydrogen) atoms. The van der Waals surface area contributed by atoms with Gasteiger partial charge in [-0.3, -0.25) is 0 Å². The minimum atomic E-state index is 0.273. The van der Waals surface area contributed by atoms with Crippen molar-refractivity contribution in [2.75, 3.05) is 0 Å². The van der Waals surface area contributed by atoms with Gasteiger partial charge in [-0.05, 0) is 16.7 Å². The lowest BCUT2D eigenvalue weighted by atomic mass is 9.63. The predicted molar refractivity (Wildman–Crippen MR) is 229 cm³/mol. The van der Waals surface area contributed by atoms with Crippen molar-refractivity contribution in [1.29, 1.82) is 31.6 Å². The van der Waals surface area contributed by atoms with Gasteiger partial charge < -0.3 is 0 Å². The molecule has 0 saturated heterocycles. The van der Waals surface area contributed by atoms with Crippen molar-refractivity contribution in [2.45, 2.75) is 0 Å². The van der Waals surface area contributed by atoms with E-state index in [9.17, 15) is 31.6 Å². The fraction of sp³-hybridized carbons (Fsp3) is 0. The fourth-order valence-corrected chi connectivity index (χ4v) is 7.31. The maximum absolute atomic E-state index is 10.9. The van der Waals surface area contributed by atoms with Gasteiger partial charge in [-0.2, -0.15) is 31.6 Å². The molecule has 0 aromatic heterocycles. The van der Waals surface area contributed by atoms with Gasteiger partial charge in [-0.1, -0.05) is 65.6 Å². The van der Waals surface area contributed by atoms with E-state index in [0.29, 0.717) is 66.5 Å². The molecular weight excluding hydrogens is 574 g/mol. The Balaban J connectivity index is 2.40. The first kappa shape index (κ1) is 35.5. The molecule has 4 rings (SSSR count). The molecule has 210 valence electrons. The van der Waals surface area contributed by atoms with Crippen LogP contribution in [0.5, 0.6) is 0 Å². The van der Waals surface area contributed by atoms with E-state index in [0.717, 1.165) is 49.2 Å². The zero-order valence-electron chi connectivity index (χ0n) is 29.7. The first-order chi connectivity index (χ1) is 22.6. The third kappa shape index (κ3) is 5.02. The van der Waals surface area contributed by atoms with Crippen LogP contribution in [0.15, 0.2) is 16.7 Å². The average Bonchev–Trinajstić information content (AvgIpc) is 3.78. The zero-order valence-corrected chi connectivity index (χ0v) is 29.7. The summed E-state index contributed by atoms with van der Waals surface area (Å²) >= 11 is 0. The molecule has 0 atom stereocenters. The lowest BCUT2D eigenvalue weighted by Gasteiger charge is -2.18. The molecule has 6 nitrogen and oxygen atoms in total. The average molecular weight is 598 g/mol. The highest BCUT2D eigenvalue weighted by Gasteiger charge is 2.43. The molecule has 0 N–H and O–H groups in total. The lowest BCUT2D eigenvalue weighted by Crippen LogP contribution is -2.48. The van der Waals surface area contributed by atoms with Crippen LogP contribution in [-0.2, 0) is 0 Å². The standard InChI is InChI=1S/C30H24B12N6/c31-19-10(4-46)22(34)28(40)25(37)16(19)7(1-43)13-14(8(2-44)17-20(32)11(5-47)23(35)29(41)26(17)38)15(13)9(3-45)18-21(33)12(6-48)24(36)30(42)27(18)39/h31-42H2. The quantitative estimate of drug-likeness (QED) is 0.217. The van der Waals surface area contributed by atoms with E-state index < -0.39 is 0 Å². The second-order valence-electron chi connectivity index (χ2n) is 12.7. The Hall–Kier alpha value is -5.40. The number of nitriles is 6. The SMILES string of the molecule is Bc1c(B)c(C#N)c(B)c(C(C#N)=C2C(=C(C#N)c3c(B)c(B)c(B)c(C#N)c3B)C2=C(C#N)c2c(B)c(B)c(B)c(C#N)c2B)c1B. The predicted octanol–water partition coefficient (Wildman–Crippen LogP) is -15.4. The normalized spacial score (nSPS) is 11.2. The van der Waals surface area contributed by atoms with E-state index in [-0.39, 0.29) is 16.7 Å². The van der Waals surface area contributed by atoms with Gasteiger partial charge in [-0.15, -0.1) is 0 Å². The second kappa shape index (κ2) is 13.0. The van der Waals surface area contributed by atoms with E-state index in [1.165, 1.54) is 0 Å². The van der Waals surface area contributed by atoms with Gasteiger partial charge in [-0.25, -0.2) is 0 Å². The summed E-state index contributed by atoms with van der Waals surface area (Å²) in [5.41, 5.74) is 15.1. The fourth-order valence-electron chi connectivity index (χ4n) is 7.31. The molecule has 1 aliphatic carbocycles. The molecule has 0 heterocycles. The number of benzene rings is 3. The molecule has 0 amide bonds. The lowest BCUT2D eigenvalue weighted by molar-refractivity contribution is 1.50. The largest absolute Gasteiger partial charge is 0.192 e. The highest BCUT2D eigenvalue weighted by molar-refractivity contribution is 6.63. The van der Waals surface area contributed by atoms with Gasteiger partial charge in [0, 0.05) is 33.4 Å². The van der Waals surface area contributed by atoms with Gasteiger partial charge in [0.15, 0.2) is 0 Å². The van der Waals surface area contributed by atoms with E-state index in [1.54, 1.807) is 0 Å². The number of hydrogen-bond donors (Lipinski definition) is 0. The van der Waals surface area contributed by atoms with Crippen molar-refractivity contribution in [3.8, 4) is 36.4 Å². The van der Waals surface area contributed by atoms with E-state index in [1.807, 2.05) is 94.2 Å². The number of rotatable bonds is 3. The number of allylic oxidation sites excluding steroid dienone is 6. The van der Waals surface area contributed by atoms with E-state index >= 15 is 0 Å².